The standard InChI is InChI=1S/C13H8Cl2F3N3O/c1-6(22)8-5-19-12(21-11(8)13(16,17)18)20-10-3-2-7(14)4-9(10)15/h2-5H,1H3,(H,19,20,21). The number of halogens is 5. The number of anilines is 2. The highest BCUT2D eigenvalue weighted by Gasteiger charge is 2.37. The van der Waals surface area contributed by atoms with Crippen molar-refractivity contribution in [3.05, 3.63) is 45.7 Å². The van der Waals surface area contributed by atoms with Gasteiger partial charge in [-0.3, -0.25) is 4.79 Å². The number of aromatic nitrogens is 2. The molecule has 2 rings (SSSR count). The molecule has 0 spiro atoms. The van der Waals surface area contributed by atoms with Gasteiger partial charge in [0, 0.05) is 11.2 Å². The molecule has 0 saturated carbocycles. The predicted molar refractivity (Wildman–Crippen MR) is 76.8 cm³/mol. The Balaban J connectivity index is 2.43. The van der Waals surface area contributed by atoms with Crippen LogP contribution < -0.4 is 5.32 Å². The topological polar surface area (TPSA) is 54.9 Å². The van der Waals surface area contributed by atoms with E-state index in [4.69, 9.17) is 23.2 Å². The Bertz CT molecular complexity index is 735. The first-order chi connectivity index (χ1) is 10.2. The molecule has 1 N–H and O–H groups in total. The summed E-state index contributed by atoms with van der Waals surface area (Å²) in [6.07, 6.45) is -3.95. The second kappa shape index (κ2) is 6.10. The molecule has 4 nitrogen and oxygen atoms in total. The highest BCUT2D eigenvalue weighted by molar-refractivity contribution is 6.36. The monoisotopic (exact) mass is 349 g/mol. The summed E-state index contributed by atoms with van der Waals surface area (Å²) in [4.78, 5) is 18.3. The van der Waals surface area contributed by atoms with Crippen LogP contribution in [0.4, 0.5) is 24.8 Å². The van der Waals surface area contributed by atoms with E-state index in [0.717, 1.165) is 13.1 Å². The van der Waals surface area contributed by atoms with Crippen molar-refractivity contribution in [1.29, 1.82) is 0 Å². The SMILES string of the molecule is CC(=O)c1cnc(Nc2ccc(Cl)cc2Cl)nc1C(F)(F)F. The predicted octanol–water partition coefficient (Wildman–Crippen LogP) is 4.75. The van der Waals surface area contributed by atoms with Gasteiger partial charge in [0.05, 0.1) is 16.3 Å². The molecule has 0 fully saturated rings. The Kier molecular flexibility index (Phi) is 4.58. The lowest BCUT2D eigenvalue weighted by Gasteiger charge is -2.12. The van der Waals surface area contributed by atoms with Gasteiger partial charge in [-0.05, 0) is 25.1 Å². The average Bonchev–Trinajstić information content (AvgIpc) is 2.40. The van der Waals surface area contributed by atoms with Crippen molar-refractivity contribution in [3.8, 4) is 0 Å². The van der Waals surface area contributed by atoms with Gasteiger partial charge in [-0.25, -0.2) is 9.97 Å². The van der Waals surface area contributed by atoms with Gasteiger partial charge in [0.2, 0.25) is 5.95 Å². The molecule has 0 saturated heterocycles. The molecule has 9 heteroatoms. The lowest BCUT2D eigenvalue weighted by Crippen LogP contribution is -2.16. The number of ketones is 1. The summed E-state index contributed by atoms with van der Waals surface area (Å²) < 4.78 is 38.8. The van der Waals surface area contributed by atoms with Crippen LogP contribution in [0.5, 0.6) is 0 Å². The van der Waals surface area contributed by atoms with Crippen LogP contribution in [0.2, 0.25) is 10.0 Å². The first-order valence-electron chi connectivity index (χ1n) is 5.85. The van der Waals surface area contributed by atoms with E-state index in [1.54, 1.807) is 0 Å². The molecule has 1 heterocycles. The summed E-state index contributed by atoms with van der Waals surface area (Å²) in [6.45, 7) is 1.01. The molecule has 22 heavy (non-hydrogen) atoms. The first-order valence-corrected chi connectivity index (χ1v) is 6.61. The highest BCUT2D eigenvalue weighted by atomic mass is 35.5. The van der Waals surface area contributed by atoms with Crippen LogP contribution in [0.15, 0.2) is 24.4 Å². The summed E-state index contributed by atoms with van der Waals surface area (Å²) in [6, 6.07) is 4.39. The van der Waals surface area contributed by atoms with E-state index >= 15 is 0 Å². The minimum atomic E-state index is -4.77. The number of alkyl halides is 3. The number of hydrogen-bond acceptors (Lipinski definition) is 4. The molecule has 1 aromatic heterocycles. The van der Waals surface area contributed by atoms with Crippen molar-refractivity contribution < 1.29 is 18.0 Å². The van der Waals surface area contributed by atoms with Gasteiger partial charge in [0.15, 0.2) is 11.5 Å². The fourth-order valence-corrected chi connectivity index (χ4v) is 2.08. The number of benzene rings is 1. The van der Waals surface area contributed by atoms with E-state index in [1.807, 2.05) is 0 Å². The van der Waals surface area contributed by atoms with Crippen LogP contribution in [-0.2, 0) is 6.18 Å². The Labute approximate surface area is 133 Å². The summed E-state index contributed by atoms with van der Waals surface area (Å²) >= 11 is 11.6. The molecular formula is C13H8Cl2F3N3O. The summed E-state index contributed by atoms with van der Waals surface area (Å²) in [5.41, 5.74) is -1.61. The summed E-state index contributed by atoms with van der Waals surface area (Å²) in [5.74, 6) is -1.11. The van der Waals surface area contributed by atoms with Crippen LogP contribution in [0, 0.1) is 0 Å². The first kappa shape index (κ1) is 16.5. The van der Waals surface area contributed by atoms with Crippen LogP contribution in [-0.4, -0.2) is 15.8 Å². The number of hydrogen-bond donors (Lipinski definition) is 1. The lowest BCUT2D eigenvalue weighted by molar-refractivity contribution is -0.141. The van der Waals surface area contributed by atoms with E-state index in [-0.39, 0.29) is 16.7 Å². The zero-order valence-electron chi connectivity index (χ0n) is 11.0. The normalized spacial score (nSPS) is 11.4. The largest absolute Gasteiger partial charge is 0.434 e. The van der Waals surface area contributed by atoms with Gasteiger partial charge in [0.25, 0.3) is 0 Å². The molecule has 0 aliphatic carbocycles. The molecule has 2 aromatic rings. The fraction of sp³-hybridized carbons (Fsp3) is 0.154. The van der Waals surface area contributed by atoms with E-state index < -0.39 is 23.2 Å². The van der Waals surface area contributed by atoms with E-state index in [9.17, 15) is 18.0 Å². The van der Waals surface area contributed by atoms with Gasteiger partial charge in [-0.2, -0.15) is 13.2 Å². The minimum absolute atomic E-state index is 0.195. The van der Waals surface area contributed by atoms with Gasteiger partial charge in [-0.15, -0.1) is 0 Å². The van der Waals surface area contributed by atoms with Crippen molar-refractivity contribution >= 4 is 40.6 Å². The molecule has 1 aromatic carbocycles. The zero-order valence-corrected chi connectivity index (χ0v) is 12.5. The van der Waals surface area contributed by atoms with Crippen molar-refractivity contribution in [2.75, 3.05) is 5.32 Å². The Morgan fingerprint density at radius 2 is 1.95 bits per heavy atom. The van der Waals surface area contributed by atoms with Crippen molar-refractivity contribution in [1.82, 2.24) is 9.97 Å². The van der Waals surface area contributed by atoms with E-state index in [0.29, 0.717) is 5.02 Å². The molecule has 116 valence electrons. The Morgan fingerprint density at radius 1 is 1.27 bits per heavy atom. The van der Waals surface area contributed by atoms with Crippen molar-refractivity contribution in [2.24, 2.45) is 0 Å². The molecule has 0 aliphatic rings. The zero-order chi connectivity index (χ0) is 16.5. The van der Waals surface area contributed by atoms with Crippen LogP contribution in [0.25, 0.3) is 0 Å². The van der Waals surface area contributed by atoms with Crippen LogP contribution >= 0.6 is 23.2 Å². The molecule has 0 amide bonds. The molecule has 0 unspecified atom stereocenters. The fourth-order valence-electron chi connectivity index (χ4n) is 1.63. The summed E-state index contributed by atoms with van der Waals surface area (Å²) in [7, 11) is 0. The number of Topliss-reactive ketones (excluding diaryl/α,β-unsaturated/α-hetero) is 1. The van der Waals surface area contributed by atoms with Gasteiger partial charge >= 0.3 is 6.18 Å². The van der Waals surface area contributed by atoms with Gasteiger partial charge < -0.3 is 5.32 Å². The molecular weight excluding hydrogens is 342 g/mol. The Hall–Kier alpha value is -1.86. The minimum Gasteiger partial charge on any atom is -0.323 e. The second-order valence-corrected chi connectivity index (χ2v) is 5.10. The number of carbonyl (C=O) groups is 1. The maximum atomic E-state index is 12.9. The number of carbonyl (C=O) groups excluding carboxylic acids is 1. The molecule has 0 atom stereocenters. The maximum absolute atomic E-state index is 12.9. The van der Waals surface area contributed by atoms with Gasteiger partial charge in [-0.1, -0.05) is 23.2 Å². The quantitative estimate of drug-likeness (QED) is 0.812. The van der Waals surface area contributed by atoms with Crippen molar-refractivity contribution in [2.45, 2.75) is 13.1 Å². The smallest absolute Gasteiger partial charge is 0.323 e. The second-order valence-electron chi connectivity index (χ2n) is 4.26. The number of nitrogens with zero attached hydrogens (tertiary/aromatic N) is 2. The molecule has 0 radical (unpaired) electrons. The van der Waals surface area contributed by atoms with Crippen molar-refractivity contribution in [3.63, 3.8) is 0 Å². The number of nitrogens with one attached hydrogen (secondary N) is 1. The Morgan fingerprint density at radius 3 is 2.50 bits per heavy atom. The summed E-state index contributed by atoms with van der Waals surface area (Å²) in [5, 5.41) is 3.12. The number of rotatable bonds is 3. The third-order valence-electron chi connectivity index (χ3n) is 2.61. The third kappa shape index (κ3) is 3.66. The molecule has 0 aliphatic heterocycles. The van der Waals surface area contributed by atoms with Gasteiger partial charge in [0.1, 0.15) is 0 Å². The highest BCUT2D eigenvalue weighted by Crippen LogP contribution is 2.32. The lowest BCUT2D eigenvalue weighted by atomic mass is 10.1. The molecule has 0 bridgehead atoms. The van der Waals surface area contributed by atoms with Crippen LogP contribution in [0.1, 0.15) is 23.0 Å². The van der Waals surface area contributed by atoms with E-state index in [1.165, 1.54) is 18.2 Å². The maximum Gasteiger partial charge on any atom is 0.434 e. The van der Waals surface area contributed by atoms with Crippen LogP contribution in [0.3, 0.4) is 0 Å². The third-order valence-corrected chi connectivity index (χ3v) is 3.16. The average molecular weight is 350 g/mol. The van der Waals surface area contributed by atoms with E-state index in [2.05, 4.69) is 15.3 Å².